The van der Waals surface area contributed by atoms with Crippen LogP contribution < -0.4 is 15.4 Å². The van der Waals surface area contributed by atoms with Crippen LogP contribution in [-0.4, -0.2) is 46.7 Å². The second kappa shape index (κ2) is 9.49. The zero-order valence-electron chi connectivity index (χ0n) is 14.5. The third-order valence-corrected chi connectivity index (χ3v) is 5.80. The van der Waals surface area contributed by atoms with Crippen molar-refractivity contribution in [3.63, 3.8) is 0 Å². The van der Waals surface area contributed by atoms with Crippen molar-refractivity contribution in [1.82, 2.24) is 15.4 Å². The predicted octanol–water partition coefficient (Wildman–Crippen LogP) is 0.791. The average Bonchev–Trinajstić information content (AvgIpc) is 2.60. The topological polar surface area (TPSA) is 96.5 Å². The molecule has 0 aromatic heterocycles. The molecule has 1 saturated heterocycles. The van der Waals surface area contributed by atoms with E-state index in [4.69, 9.17) is 4.74 Å². The van der Waals surface area contributed by atoms with Crippen LogP contribution in [0.5, 0.6) is 0 Å². The summed E-state index contributed by atoms with van der Waals surface area (Å²) < 4.78 is 31.7. The standard InChI is InChI=1S/C16H25N3O4S.ClH/c1-3-19-24(21,22)14-6-4-13(5-7-14)12-18-15(20)16(23-2)8-10-17-11-9-16;/h4-7,17,19H,3,8-12H2,1-2H3,(H,18,20);1H. The van der Waals surface area contributed by atoms with E-state index >= 15 is 0 Å². The van der Waals surface area contributed by atoms with Gasteiger partial charge in [0.15, 0.2) is 0 Å². The molecule has 2 rings (SSSR count). The lowest BCUT2D eigenvalue weighted by Gasteiger charge is -2.34. The highest BCUT2D eigenvalue weighted by Gasteiger charge is 2.39. The summed E-state index contributed by atoms with van der Waals surface area (Å²) in [7, 11) is -1.89. The molecular weight excluding hydrogens is 366 g/mol. The van der Waals surface area contributed by atoms with Gasteiger partial charge in [0.25, 0.3) is 5.91 Å². The van der Waals surface area contributed by atoms with Crippen molar-refractivity contribution >= 4 is 28.3 Å². The Bertz CT molecular complexity index is 658. The molecule has 0 radical (unpaired) electrons. The molecule has 9 heteroatoms. The molecule has 3 N–H and O–H groups in total. The summed E-state index contributed by atoms with van der Waals surface area (Å²) >= 11 is 0. The van der Waals surface area contributed by atoms with Crippen molar-refractivity contribution in [1.29, 1.82) is 0 Å². The molecule has 1 heterocycles. The molecule has 0 spiro atoms. The van der Waals surface area contributed by atoms with E-state index in [1.807, 2.05) is 0 Å². The highest BCUT2D eigenvalue weighted by Crippen LogP contribution is 2.22. The monoisotopic (exact) mass is 391 g/mol. The fraction of sp³-hybridized carbons (Fsp3) is 0.562. The normalized spacial score (nSPS) is 16.7. The van der Waals surface area contributed by atoms with E-state index in [-0.39, 0.29) is 23.2 Å². The highest BCUT2D eigenvalue weighted by molar-refractivity contribution is 7.89. The lowest BCUT2D eigenvalue weighted by molar-refractivity contribution is -0.146. The SMILES string of the molecule is CCNS(=O)(=O)c1ccc(CNC(=O)C2(OC)CCNCC2)cc1.Cl. The Kier molecular flexibility index (Phi) is 8.30. The lowest BCUT2D eigenvalue weighted by atomic mass is 9.91. The van der Waals surface area contributed by atoms with Gasteiger partial charge in [0.1, 0.15) is 5.60 Å². The molecule has 0 unspecified atom stereocenters. The van der Waals surface area contributed by atoms with Crippen LogP contribution in [-0.2, 0) is 26.1 Å². The van der Waals surface area contributed by atoms with Crippen LogP contribution in [0.4, 0.5) is 0 Å². The van der Waals surface area contributed by atoms with E-state index in [2.05, 4.69) is 15.4 Å². The van der Waals surface area contributed by atoms with Gasteiger partial charge < -0.3 is 15.4 Å². The Balaban J connectivity index is 0.00000312. The van der Waals surface area contributed by atoms with Crippen molar-refractivity contribution in [2.45, 2.75) is 36.8 Å². The fourth-order valence-electron chi connectivity index (χ4n) is 2.76. The molecule has 142 valence electrons. The molecule has 1 aliphatic rings. The van der Waals surface area contributed by atoms with E-state index in [0.717, 1.165) is 18.7 Å². The number of sulfonamides is 1. The Morgan fingerprint density at radius 3 is 2.36 bits per heavy atom. The van der Waals surface area contributed by atoms with E-state index in [1.165, 1.54) is 12.1 Å². The molecule has 1 aromatic rings. The lowest BCUT2D eigenvalue weighted by Crippen LogP contribution is -2.53. The largest absolute Gasteiger partial charge is 0.368 e. The summed E-state index contributed by atoms with van der Waals surface area (Å²) in [6.07, 6.45) is 1.27. The van der Waals surface area contributed by atoms with E-state index < -0.39 is 15.6 Å². The minimum Gasteiger partial charge on any atom is -0.368 e. The number of nitrogens with one attached hydrogen (secondary N) is 3. The van der Waals surface area contributed by atoms with E-state index in [9.17, 15) is 13.2 Å². The molecule has 25 heavy (non-hydrogen) atoms. The first-order valence-corrected chi connectivity index (χ1v) is 9.54. The van der Waals surface area contributed by atoms with Crippen LogP contribution in [0.2, 0.25) is 0 Å². The van der Waals surface area contributed by atoms with Gasteiger partial charge in [-0.3, -0.25) is 4.79 Å². The molecule has 0 saturated carbocycles. The second-order valence-electron chi connectivity index (χ2n) is 5.78. The Labute approximate surface area is 155 Å². The molecule has 7 nitrogen and oxygen atoms in total. The van der Waals surface area contributed by atoms with Gasteiger partial charge in [-0.1, -0.05) is 19.1 Å². The van der Waals surface area contributed by atoms with Crippen LogP contribution >= 0.6 is 12.4 Å². The van der Waals surface area contributed by atoms with Crippen molar-refractivity contribution in [3.05, 3.63) is 29.8 Å². The smallest absolute Gasteiger partial charge is 0.252 e. The van der Waals surface area contributed by atoms with Gasteiger partial charge in [-0.05, 0) is 43.6 Å². The minimum atomic E-state index is -3.45. The van der Waals surface area contributed by atoms with Crippen molar-refractivity contribution in [2.75, 3.05) is 26.7 Å². The molecule has 0 bridgehead atoms. The summed E-state index contributed by atoms with van der Waals surface area (Å²) in [4.78, 5) is 12.7. The maximum Gasteiger partial charge on any atom is 0.252 e. The molecule has 1 fully saturated rings. The van der Waals surface area contributed by atoms with Crippen LogP contribution in [0.3, 0.4) is 0 Å². The van der Waals surface area contributed by atoms with Gasteiger partial charge >= 0.3 is 0 Å². The fourth-order valence-corrected chi connectivity index (χ4v) is 3.80. The molecule has 1 aromatic carbocycles. The zero-order valence-corrected chi connectivity index (χ0v) is 16.1. The van der Waals surface area contributed by atoms with E-state index in [0.29, 0.717) is 25.9 Å². The number of halogens is 1. The van der Waals surface area contributed by atoms with Gasteiger partial charge in [-0.15, -0.1) is 12.4 Å². The van der Waals surface area contributed by atoms with Crippen LogP contribution in [0.15, 0.2) is 29.2 Å². The number of benzene rings is 1. The summed E-state index contributed by atoms with van der Waals surface area (Å²) in [6, 6.07) is 6.48. The number of ether oxygens (including phenoxy) is 1. The van der Waals surface area contributed by atoms with Crippen LogP contribution in [0.1, 0.15) is 25.3 Å². The second-order valence-corrected chi connectivity index (χ2v) is 7.54. The number of hydrogen-bond donors (Lipinski definition) is 3. The Morgan fingerprint density at radius 1 is 1.24 bits per heavy atom. The van der Waals surface area contributed by atoms with Crippen LogP contribution in [0, 0.1) is 0 Å². The predicted molar refractivity (Wildman–Crippen MR) is 98.2 cm³/mol. The summed E-state index contributed by atoms with van der Waals surface area (Å²) in [5.74, 6) is -0.129. The van der Waals surface area contributed by atoms with Gasteiger partial charge in [0.2, 0.25) is 10.0 Å². The highest BCUT2D eigenvalue weighted by atomic mass is 35.5. The van der Waals surface area contributed by atoms with Crippen LogP contribution in [0.25, 0.3) is 0 Å². The average molecular weight is 392 g/mol. The number of rotatable bonds is 7. The minimum absolute atomic E-state index is 0. The number of methoxy groups -OCH3 is 1. The van der Waals surface area contributed by atoms with Crippen molar-refractivity contribution in [3.8, 4) is 0 Å². The first-order valence-electron chi connectivity index (χ1n) is 8.06. The zero-order chi connectivity index (χ0) is 17.6. The first-order chi connectivity index (χ1) is 11.4. The number of carbonyl (C=O) groups is 1. The molecular formula is C16H26ClN3O4S. The summed E-state index contributed by atoms with van der Waals surface area (Å²) in [5, 5.41) is 6.10. The third kappa shape index (κ3) is 5.39. The number of piperidine rings is 1. The van der Waals surface area contributed by atoms with Gasteiger partial charge in [-0.2, -0.15) is 0 Å². The molecule has 1 aliphatic heterocycles. The Morgan fingerprint density at radius 2 is 1.84 bits per heavy atom. The van der Waals surface area contributed by atoms with Gasteiger partial charge in [0.05, 0.1) is 4.90 Å². The van der Waals surface area contributed by atoms with Crippen molar-refractivity contribution < 1.29 is 17.9 Å². The van der Waals surface area contributed by atoms with Gasteiger partial charge in [0, 0.05) is 20.2 Å². The number of carbonyl (C=O) groups excluding carboxylic acids is 1. The third-order valence-electron chi connectivity index (χ3n) is 4.24. The molecule has 0 atom stereocenters. The van der Waals surface area contributed by atoms with E-state index in [1.54, 1.807) is 26.2 Å². The first kappa shape index (κ1) is 21.9. The maximum atomic E-state index is 12.5. The molecule has 0 aliphatic carbocycles. The number of amides is 1. The van der Waals surface area contributed by atoms with Gasteiger partial charge in [-0.25, -0.2) is 13.1 Å². The maximum absolute atomic E-state index is 12.5. The number of hydrogen-bond acceptors (Lipinski definition) is 5. The Hall–Kier alpha value is -1.19. The summed E-state index contributed by atoms with van der Waals surface area (Å²) in [6.45, 7) is 3.90. The molecule has 1 amide bonds. The summed E-state index contributed by atoms with van der Waals surface area (Å²) in [5.41, 5.74) is 0.0542. The quantitative estimate of drug-likeness (QED) is 0.638. The van der Waals surface area contributed by atoms with Crippen molar-refractivity contribution in [2.24, 2.45) is 0 Å².